The number of rotatable bonds is 3. The molecule has 0 aromatic heterocycles. The van der Waals surface area contributed by atoms with Crippen LogP contribution in [0.5, 0.6) is 0 Å². The third-order valence-electron chi connectivity index (χ3n) is 8.80. The first-order chi connectivity index (χ1) is 12.5. The Kier molecular flexibility index (Phi) is 4.64. The Morgan fingerprint density at radius 2 is 1.89 bits per heavy atom. The Morgan fingerprint density at radius 1 is 1.15 bits per heavy atom. The Bertz CT molecular complexity index is 771. The molecule has 5 unspecified atom stereocenters. The molecule has 152 valence electrons. The molecular weight excluding hydrogens is 364 g/mol. The molecule has 0 bridgehead atoms. The summed E-state index contributed by atoms with van der Waals surface area (Å²) in [6.45, 7) is 6.44. The highest BCUT2D eigenvalue weighted by molar-refractivity contribution is 7.80. The van der Waals surface area contributed by atoms with E-state index in [-0.39, 0.29) is 16.7 Å². The Labute approximate surface area is 162 Å². The summed E-state index contributed by atoms with van der Waals surface area (Å²) < 4.78 is 37.7. The third-order valence-corrected chi connectivity index (χ3v) is 9.31. The van der Waals surface area contributed by atoms with Crippen LogP contribution in [0, 0.1) is 34.5 Å². The molecule has 5 nitrogen and oxygen atoms in total. The van der Waals surface area contributed by atoms with Gasteiger partial charge in [0.15, 0.2) is 0 Å². The van der Waals surface area contributed by atoms with Gasteiger partial charge in [-0.2, -0.15) is 0 Å². The van der Waals surface area contributed by atoms with Crippen LogP contribution in [0.1, 0.15) is 72.1 Å². The molecule has 0 aliphatic heterocycles. The molecule has 7 atom stereocenters. The van der Waals surface area contributed by atoms with Crippen molar-refractivity contribution in [2.75, 3.05) is 0 Å². The van der Waals surface area contributed by atoms with E-state index in [1.54, 1.807) is 6.92 Å². The van der Waals surface area contributed by atoms with E-state index in [9.17, 15) is 17.8 Å². The van der Waals surface area contributed by atoms with Crippen molar-refractivity contribution in [2.24, 2.45) is 34.5 Å². The minimum absolute atomic E-state index is 0.0745. The molecule has 27 heavy (non-hydrogen) atoms. The lowest BCUT2D eigenvalue weighted by Gasteiger charge is -2.58. The van der Waals surface area contributed by atoms with Gasteiger partial charge in [0, 0.05) is 5.92 Å². The molecule has 0 N–H and O–H groups in total. The zero-order chi connectivity index (χ0) is 19.6. The van der Waals surface area contributed by atoms with E-state index in [0.29, 0.717) is 36.4 Å². The molecule has 4 aliphatic rings. The van der Waals surface area contributed by atoms with Crippen LogP contribution >= 0.6 is 0 Å². The van der Waals surface area contributed by atoms with Gasteiger partial charge in [-0.15, -0.1) is 0 Å². The highest BCUT2D eigenvalue weighted by Gasteiger charge is 2.59. The molecule has 6 heteroatoms. The predicted molar refractivity (Wildman–Crippen MR) is 100 cm³/mol. The summed E-state index contributed by atoms with van der Waals surface area (Å²) in [6, 6.07) is 0. The molecule has 4 aliphatic carbocycles. The van der Waals surface area contributed by atoms with E-state index >= 15 is 0 Å². The smallest absolute Gasteiger partial charge is 0.217 e. The Balaban J connectivity index is 1.58. The summed E-state index contributed by atoms with van der Waals surface area (Å²) >= 11 is 0. The molecule has 0 radical (unpaired) electrons. The standard InChI is InChI=1S/C21H32O5S/c1-13(22)17-6-7-18-16-5-4-14-12-15(26-27(23,24)25)8-10-20(14,2)19(16)9-11-21(17,18)3/h4,15-19H,5-12H2,1-3H3,(H,23,24,25)/p-1/t15?,16?,17?,18?,19?,20-,21+/m0/s1. The van der Waals surface area contributed by atoms with Crippen molar-refractivity contribution in [1.29, 1.82) is 0 Å². The van der Waals surface area contributed by atoms with E-state index in [0.717, 1.165) is 38.5 Å². The lowest BCUT2D eigenvalue weighted by Crippen LogP contribution is -2.51. The maximum Gasteiger partial charge on any atom is 0.217 e. The quantitative estimate of drug-likeness (QED) is 0.410. The average Bonchev–Trinajstić information content (AvgIpc) is 2.91. The van der Waals surface area contributed by atoms with Crippen molar-refractivity contribution in [3.63, 3.8) is 0 Å². The summed E-state index contributed by atoms with van der Waals surface area (Å²) in [4.78, 5) is 12.2. The summed E-state index contributed by atoms with van der Waals surface area (Å²) in [5, 5.41) is 0. The van der Waals surface area contributed by atoms with Gasteiger partial charge in [0.05, 0.1) is 6.10 Å². The molecule has 3 saturated carbocycles. The van der Waals surface area contributed by atoms with E-state index in [2.05, 4.69) is 19.9 Å². The van der Waals surface area contributed by atoms with Crippen LogP contribution in [-0.2, 0) is 19.4 Å². The summed E-state index contributed by atoms with van der Waals surface area (Å²) in [5.41, 5.74) is 1.50. The minimum Gasteiger partial charge on any atom is -0.726 e. The van der Waals surface area contributed by atoms with Gasteiger partial charge in [0.25, 0.3) is 0 Å². The van der Waals surface area contributed by atoms with Crippen LogP contribution in [-0.4, -0.2) is 24.9 Å². The topological polar surface area (TPSA) is 83.5 Å². The van der Waals surface area contributed by atoms with Gasteiger partial charge in [0.1, 0.15) is 5.78 Å². The van der Waals surface area contributed by atoms with Crippen LogP contribution < -0.4 is 0 Å². The van der Waals surface area contributed by atoms with Crippen molar-refractivity contribution < 1.29 is 21.9 Å². The van der Waals surface area contributed by atoms with Gasteiger partial charge in [0.2, 0.25) is 10.4 Å². The second-order valence-corrected chi connectivity index (χ2v) is 10.9. The predicted octanol–water partition coefficient (Wildman–Crippen LogP) is 4.00. The van der Waals surface area contributed by atoms with Gasteiger partial charge in [-0.3, -0.25) is 8.98 Å². The van der Waals surface area contributed by atoms with Crippen LogP contribution in [0.3, 0.4) is 0 Å². The number of hydrogen-bond donors (Lipinski definition) is 0. The van der Waals surface area contributed by atoms with Crippen molar-refractivity contribution in [3.05, 3.63) is 11.6 Å². The van der Waals surface area contributed by atoms with Crippen LogP contribution in [0.15, 0.2) is 11.6 Å². The molecule has 0 saturated heterocycles. The van der Waals surface area contributed by atoms with Gasteiger partial charge in [-0.25, -0.2) is 8.42 Å². The highest BCUT2D eigenvalue weighted by atomic mass is 32.3. The Morgan fingerprint density at radius 3 is 2.56 bits per heavy atom. The molecule has 3 fully saturated rings. The number of ketones is 1. The summed E-state index contributed by atoms with van der Waals surface area (Å²) in [6.07, 6.45) is 9.30. The zero-order valence-corrected chi connectivity index (χ0v) is 17.4. The summed E-state index contributed by atoms with van der Waals surface area (Å²) in [5.74, 6) is 2.38. The van der Waals surface area contributed by atoms with Crippen molar-refractivity contribution in [1.82, 2.24) is 0 Å². The third kappa shape index (κ3) is 3.12. The normalized spacial score (nSPS) is 46.8. The largest absolute Gasteiger partial charge is 0.726 e. The van der Waals surface area contributed by atoms with Crippen LogP contribution in [0.4, 0.5) is 0 Å². The fourth-order valence-electron chi connectivity index (χ4n) is 7.54. The van der Waals surface area contributed by atoms with Crippen LogP contribution in [0.2, 0.25) is 0 Å². The van der Waals surface area contributed by atoms with E-state index in [4.69, 9.17) is 4.18 Å². The first-order valence-electron chi connectivity index (χ1n) is 10.4. The highest BCUT2D eigenvalue weighted by Crippen LogP contribution is 2.66. The number of allylic oxidation sites excluding steroid dienone is 1. The number of fused-ring (bicyclic) bond motifs is 5. The number of hydrogen-bond acceptors (Lipinski definition) is 5. The molecule has 0 aromatic rings. The van der Waals surface area contributed by atoms with Crippen LogP contribution in [0.25, 0.3) is 0 Å². The number of Topliss-reactive ketones (excluding diaryl/α,β-unsaturated/α-hetero) is 1. The second-order valence-electron chi connectivity index (χ2n) is 9.91. The summed E-state index contributed by atoms with van der Waals surface area (Å²) in [7, 11) is -4.65. The lowest BCUT2D eigenvalue weighted by atomic mass is 9.47. The lowest BCUT2D eigenvalue weighted by molar-refractivity contribution is -0.127. The second kappa shape index (κ2) is 6.39. The van der Waals surface area contributed by atoms with E-state index < -0.39 is 16.5 Å². The van der Waals surface area contributed by atoms with Gasteiger partial charge >= 0.3 is 0 Å². The van der Waals surface area contributed by atoms with Gasteiger partial charge in [-0.1, -0.05) is 25.5 Å². The zero-order valence-electron chi connectivity index (χ0n) is 16.6. The average molecular weight is 396 g/mol. The SMILES string of the molecule is CC(=O)C1CCC2C3CC=C4CC(OS(=O)(=O)[O-])CC[C@]4(C)C3CC[C@]12C. The molecule has 0 amide bonds. The maximum absolute atomic E-state index is 12.2. The Hall–Kier alpha value is -0.720. The molecule has 0 aromatic carbocycles. The fourth-order valence-corrected chi connectivity index (χ4v) is 8.04. The van der Waals surface area contributed by atoms with E-state index in [1.807, 2.05) is 0 Å². The first-order valence-corrected chi connectivity index (χ1v) is 11.7. The molecule has 4 rings (SSSR count). The molecule has 0 spiro atoms. The first kappa shape index (κ1) is 19.6. The molecular formula is C21H31O5S-. The van der Waals surface area contributed by atoms with Gasteiger partial charge < -0.3 is 4.55 Å². The molecule has 0 heterocycles. The monoisotopic (exact) mass is 395 g/mol. The maximum atomic E-state index is 12.2. The number of carbonyl (C=O) groups is 1. The minimum atomic E-state index is -4.65. The fraction of sp³-hybridized carbons (Fsp3) is 0.857. The van der Waals surface area contributed by atoms with Crippen molar-refractivity contribution >= 4 is 16.2 Å². The number of carbonyl (C=O) groups excluding carboxylic acids is 1. The van der Waals surface area contributed by atoms with Gasteiger partial charge in [-0.05, 0) is 86.9 Å². The van der Waals surface area contributed by atoms with Crippen molar-refractivity contribution in [3.8, 4) is 0 Å². The van der Waals surface area contributed by atoms with E-state index in [1.165, 1.54) is 5.57 Å². The van der Waals surface area contributed by atoms with Crippen molar-refractivity contribution in [2.45, 2.75) is 78.2 Å².